The van der Waals surface area contributed by atoms with Gasteiger partial charge < -0.3 is 14.4 Å². The van der Waals surface area contributed by atoms with E-state index >= 15 is 0 Å². The van der Waals surface area contributed by atoms with Crippen LogP contribution in [0.1, 0.15) is 37.4 Å². The van der Waals surface area contributed by atoms with Crippen molar-refractivity contribution in [1.82, 2.24) is 4.90 Å². The van der Waals surface area contributed by atoms with Gasteiger partial charge in [-0.15, -0.1) is 12.3 Å². The molecule has 1 unspecified atom stereocenters. The molecule has 26 heavy (non-hydrogen) atoms. The summed E-state index contributed by atoms with van der Waals surface area (Å²) in [5.74, 6) is 3.34. The van der Waals surface area contributed by atoms with Gasteiger partial charge in [-0.3, -0.25) is 4.79 Å². The molecule has 0 spiro atoms. The second kappa shape index (κ2) is 8.07. The molecule has 1 fully saturated rings. The molecule has 6 nitrogen and oxygen atoms in total. The molecule has 0 radical (unpaired) electrons. The van der Waals surface area contributed by atoms with Crippen LogP contribution in [0.25, 0.3) is 0 Å². The summed E-state index contributed by atoms with van der Waals surface area (Å²) in [4.78, 5) is 14.5. The van der Waals surface area contributed by atoms with Gasteiger partial charge >= 0.3 is 0 Å². The molecule has 2 aliphatic rings. The largest absolute Gasteiger partial charge is 0.496 e. The van der Waals surface area contributed by atoms with Crippen LogP contribution >= 0.6 is 11.6 Å². The zero-order valence-corrected chi connectivity index (χ0v) is 15.5. The molecule has 1 aromatic rings. The Morgan fingerprint density at radius 1 is 1.50 bits per heavy atom. The van der Waals surface area contributed by atoms with Crippen molar-refractivity contribution in [3.05, 3.63) is 28.8 Å². The van der Waals surface area contributed by atoms with Gasteiger partial charge in [-0.1, -0.05) is 17.7 Å². The number of halogens is 1. The first-order chi connectivity index (χ1) is 12.6. The van der Waals surface area contributed by atoms with E-state index in [9.17, 15) is 4.79 Å². The molecular weight excluding hydrogens is 354 g/mol. The van der Waals surface area contributed by atoms with Crippen LogP contribution in [0.4, 0.5) is 0 Å². The molecule has 2 aliphatic heterocycles. The van der Waals surface area contributed by atoms with Gasteiger partial charge in [-0.05, 0) is 12.1 Å². The van der Waals surface area contributed by atoms with E-state index in [4.69, 9.17) is 27.5 Å². The van der Waals surface area contributed by atoms with Gasteiger partial charge in [-0.25, -0.2) is 0 Å². The molecule has 2 heterocycles. The molecule has 0 aromatic heterocycles. The molecule has 0 N–H and O–H groups in total. The highest BCUT2D eigenvalue weighted by atomic mass is 35.5. The Hall–Kier alpha value is -2.10. The lowest BCUT2D eigenvalue weighted by Gasteiger charge is -2.34. The van der Waals surface area contributed by atoms with Crippen LogP contribution in [0, 0.1) is 12.3 Å². The minimum absolute atomic E-state index is 0.0710. The van der Waals surface area contributed by atoms with Crippen LogP contribution in [0.15, 0.2) is 28.4 Å². The van der Waals surface area contributed by atoms with Crippen LogP contribution < -0.4 is 4.74 Å². The van der Waals surface area contributed by atoms with E-state index < -0.39 is 5.66 Å². The first kappa shape index (κ1) is 18.7. The van der Waals surface area contributed by atoms with Crippen LogP contribution in [0.3, 0.4) is 0 Å². The fourth-order valence-electron chi connectivity index (χ4n) is 3.19. The highest BCUT2D eigenvalue weighted by Gasteiger charge is 2.40. The van der Waals surface area contributed by atoms with E-state index in [1.165, 1.54) is 0 Å². The molecule has 7 heteroatoms. The number of morpholine rings is 1. The second-order valence-electron chi connectivity index (χ2n) is 6.44. The fourth-order valence-corrected chi connectivity index (χ4v) is 3.48. The van der Waals surface area contributed by atoms with Gasteiger partial charge in [0.2, 0.25) is 5.91 Å². The standard InChI is InChI=1S/C19H22ClN3O3/c1-3-4-9-19(21-22-19)10-8-17(24)23-11-12-26-16(13-23)18-14(20)6-5-7-15(18)25-2/h1,5-7,16H,4,8-13H2,2H3. The Morgan fingerprint density at radius 3 is 3.00 bits per heavy atom. The number of ether oxygens (including phenoxy) is 2. The Bertz CT molecular complexity index is 738. The van der Waals surface area contributed by atoms with Gasteiger partial charge in [0, 0.05) is 37.8 Å². The maximum absolute atomic E-state index is 12.6. The van der Waals surface area contributed by atoms with Crippen molar-refractivity contribution in [1.29, 1.82) is 0 Å². The van der Waals surface area contributed by atoms with Gasteiger partial charge in [0.25, 0.3) is 0 Å². The molecule has 1 aromatic carbocycles. The molecule has 0 bridgehead atoms. The van der Waals surface area contributed by atoms with Crippen molar-refractivity contribution >= 4 is 17.5 Å². The van der Waals surface area contributed by atoms with E-state index in [0.29, 0.717) is 56.2 Å². The molecule has 0 saturated carbocycles. The van der Waals surface area contributed by atoms with Crippen LogP contribution in [-0.2, 0) is 9.53 Å². The van der Waals surface area contributed by atoms with Crippen LogP contribution in [0.2, 0.25) is 5.02 Å². The molecular formula is C19H22ClN3O3. The molecule has 1 saturated heterocycles. The number of terminal acetylenes is 1. The van der Waals surface area contributed by atoms with Crippen molar-refractivity contribution in [2.24, 2.45) is 10.2 Å². The zero-order valence-electron chi connectivity index (χ0n) is 14.8. The third kappa shape index (κ3) is 4.17. The van der Waals surface area contributed by atoms with Crippen molar-refractivity contribution in [3.63, 3.8) is 0 Å². The Kier molecular flexibility index (Phi) is 5.80. The summed E-state index contributed by atoms with van der Waals surface area (Å²) < 4.78 is 11.3. The Balaban J connectivity index is 1.60. The van der Waals surface area contributed by atoms with E-state index in [1.807, 2.05) is 17.0 Å². The first-order valence-electron chi connectivity index (χ1n) is 8.68. The smallest absolute Gasteiger partial charge is 0.222 e. The number of amides is 1. The lowest BCUT2D eigenvalue weighted by molar-refractivity contribution is -0.139. The van der Waals surface area contributed by atoms with Gasteiger partial charge in [0.1, 0.15) is 11.9 Å². The summed E-state index contributed by atoms with van der Waals surface area (Å²) >= 11 is 6.34. The summed E-state index contributed by atoms with van der Waals surface area (Å²) in [6.45, 7) is 1.47. The summed E-state index contributed by atoms with van der Waals surface area (Å²) in [6, 6.07) is 5.47. The fraction of sp³-hybridized carbons (Fsp3) is 0.526. The predicted octanol–water partition coefficient (Wildman–Crippen LogP) is 3.60. The first-order valence-corrected chi connectivity index (χ1v) is 9.05. The molecule has 1 atom stereocenters. The van der Waals surface area contributed by atoms with Gasteiger partial charge in [0.15, 0.2) is 5.66 Å². The minimum Gasteiger partial charge on any atom is -0.496 e. The quantitative estimate of drug-likeness (QED) is 0.684. The van der Waals surface area contributed by atoms with Crippen molar-refractivity contribution < 1.29 is 14.3 Å². The average molecular weight is 376 g/mol. The van der Waals surface area contributed by atoms with Crippen molar-refractivity contribution in [2.75, 3.05) is 26.8 Å². The molecule has 3 rings (SSSR count). The normalized spacial score (nSPS) is 20.5. The van der Waals surface area contributed by atoms with E-state index in [-0.39, 0.29) is 12.0 Å². The molecule has 1 amide bonds. The SMILES string of the molecule is C#CCCC1(CCC(=O)N2CCOC(c3c(Cl)cccc3OC)C2)N=N1. The van der Waals surface area contributed by atoms with E-state index in [0.717, 1.165) is 5.56 Å². The number of nitrogens with zero attached hydrogens (tertiary/aromatic N) is 3. The third-order valence-corrected chi connectivity index (χ3v) is 5.10. The molecule has 0 aliphatic carbocycles. The van der Waals surface area contributed by atoms with Crippen molar-refractivity contribution in [2.45, 2.75) is 37.5 Å². The van der Waals surface area contributed by atoms with E-state index in [2.05, 4.69) is 16.1 Å². The number of methoxy groups -OCH3 is 1. The summed E-state index contributed by atoms with van der Waals surface area (Å²) in [5.41, 5.74) is 0.353. The topological polar surface area (TPSA) is 63.5 Å². The maximum atomic E-state index is 12.6. The Morgan fingerprint density at radius 2 is 2.31 bits per heavy atom. The van der Waals surface area contributed by atoms with E-state index in [1.54, 1.807) is 13.2 Å². The number of benzene rings is 1. The number of rotatable bonds is 7. The third-order valence-electron chi connectivity index (χ3n) is 4.77. The van der Waals surface area contributed by atoms with Gasteiger partial charge in [-0.2, -0.15) is 10.2 Å². The number of hydrogen-bond donors (Lipinski definition) is 0. The lowest BCUT2D eigenvalue weighted by Crippen LogP contribution is -2.42. The Labute approximate surface area is 158 Å². The maximum Gasteiger partial charge on any atom is 0.222 e. The summed E-state index contributed by atoms with van der Waals surface area (Å²) in [5, 5.41) is 8.75. The van der Waals surface area contributed by atoms with Crippen molar-refractivity contribution in [3.8, 4) is 18.1 Å². The van der Waals surface area contributed by atoms with Crippen LogP contribution in [0.5, 0.6) is 5.75 Å². The average Bonchev–Trinajstić information content (AvgIpc) is 3.44. The highest BCUT2D eigenvalue weighted by molar-refractivity contribution is 6.31. The monoisotopic (exact) mass is 375 g/mol. The van der Waals surface area contributed by atoms with Crippen LogP contribution in [-0.4, -0.2) is 43.3 Å². The second-order valence-corrected chi connectivity index (χ2v) is 6.85. The number of carbonyl (C=O) groups excluding carboxylic acids is 1. The molecule has 138 valence electrons. The minimum atomic E-state index is -0.431. The number of carbonyl (C=O) groups is 1. The van der Waals surface area contributed by atoms with Gasteiger partial charge in [0.05, 0.1) is 25.3 Å². The zero-order chi connectivity index (χ0) is 18.6. The predicted molar refractivity (Wildman–Crippen MR) is 98.2 cm³/mol. The summed E-state index contributed by atoms with van der Waals surface area (Å²) in [6.07, 6.45) is 7.32. The number of hydrogen-bond acceptors (Lipinski definition) is 5. The summed E-state index contributed by atoms with van der Waals surface area (Å²) in [7, 11) is 1.60. The lowest BCUT2D eigenvalue weighted by atomic mass is 10.0. The highest BCUT2D eigenvalue weighted by Crippen LogP contribution is 2.39.